The van der Waals surface area contributed by atoms with Crippen LogP contribution < -0.4 is 0 Å². The fourth-order valence-corrected chi connectivity index (χ4v) is 1.03. The van der Waals surface area contributed by atoms with Gasteiger partial charge in [-0.2, -0.15) is 0 Å². The molecule has 0 aromatic rings. The summed E-state index contributed by atoms with van der Waals surface area (Å²) in [6.45, 7) is 7.11. The van der Waals surface area contributed by atoms with E-state index >= 15 is 0 Å². The van der Waals surface area contributed by atoms with Crippen LogP contribution >= 0.6 is 0 Å². The van der Waals surface area contributed by atoms with E-state index in [4.69, 9.17) is 10.4 Å². The van der Waals surface area contributed by atoms with Crippen molar-refractivity contribution in [1.29, 1.82) is 0 Å². The van der Waals surface area contributed by atoms with Crippen LogP contribution in [0.1, 0.15) is 33.6 Å². The zero-order valence-corrected chi connectivity index (χ0v) is 10.6. The van der Waals surface area contributed by atoms with E-state index in [1.54, 1.807) is 6.92 Å². The topological polar surface area (TPSA) is 89.9 Å². The molecule has 6 heteroatoms. The summed E-state index contributed by atoms with van der Waals surface area (Å²) in [6.07, 6.45) is 2.85. The first-order valence-corrected chi connectivity index (χ1v) is 5.56. The van der Waals surface area contributed by atoms with Crippen LogP contribution in [0.3, 0.4) is 0 Å². The van der Waals surface area contributed by atoms with Gasteiger partial charge < -0.3 is 10.4 Å². The number of hydrogen-bond donors (Lipinski definition) is 2. The molecule has 0 fully saturated rings. The van der Waals surface area contributed by atoms with Crippen LogP contribution in [0, 0.1) is 0 Å². The summed E-state index contributed by atoms with van der Waals surface area (Å²) in [5.74, 6) is 0. The van der Waals surface area contributed by atoms with Crippen LogP contribution in [0.15, 0.2) is 20.3 Å². The normalized spacial score (nSPS) is 14.6. The molecule has 0 aliphatic rings. The van der Waals surface area contributed by atoms with Crippen molar-refractivity contribution in [1.82, 2.24) is 0 Å². The predicted molar refractivity (Wildman–Crippen MR) is 70.4 cm³/mol. The molecule has 0 bridgehead atoms. The second-order valence-corrected chi connectivity index (χ2v) is 3.52. The Labute approximate surface area is 101 Å². The van der Waals surface area contributed by atoms with Crippen molar-refractivity contribution in [2.45, 2.75) is 33.6 Å². The van der Waals surface area contributed by atoms with Crippen LogP contribution in [-0.4, -0.2) is 46.9 Å². The van der Waals surface area contributed by atoms with E-state index in [2.05, 4.69) is 27.2 Å². The molecule has 0 atom stereocenters. The lowest BCUT2D eigenvalue weighted by atomic mass is 10.2. The van der Waals surface area contributed by atoms with E-state index in [1.165, 1.54) is 0 Å². The van der Waals surface area contributed by atoms with Crippen LogP contribution in [0.2, 0.25) is 0 Å². The Bertz CT molecular complexity index is 332. The third-order valence-electron chi connectivity index (χ3n) is 2.22. The van der Waals surface area contributed by atoms with Gasteiger partial charge in [0.15, 0.2) is 0 Å². The predicted octanol–water partition coefficient (Wildman–Crippen LogP) is 2.00. The summed E-state index contributed by atoms with van der Waals surface area (Å²) < 4.78 is 0. The summed E-state index contributed by atoms with van der Waals surface area (Å²) in [5, 5.41) is 22.7. The van der Waals surface area contributed by atoms with Gasteiger partial charge in [-0.15, -0.1) is 0 Å². The average molecular weight is 240 g/mol. The van der Waals surface area contributed by atoms with Crippen molar-refractivity contribution in [2.75, 3.05) is 13.1 Å². The SMILES string of the molecule is CCC(C)=NCCCN=C(C)C(C=NO)=NO. The highest BCUT2D eigenvalue weighted by Crippen LogP contribution is 1.90. The van der Waals surface area contributed by atoms with E-state index in [0.29, 0.717) is 12.3 Å². The summed E-state index contributed by atoms with van der Waals surface area (Å²) in [4.78, 5) is 8.53. The molecule has 0 aromatic carbocycles. The van der Waals surface area contributed by atoms with Crippen LogP contribution in [-0.2, 0) is 0 Å². The molecular weight excluding hydrogens is 220 g/mol. The molecule has 96 valence electrons. The third kappa shape index (κ3) is 7.21. The Kier molecular flexibility index (Phi) is 8.54. The minimum Gasteiger partial charge on any atom is -0.411 e. The first-order valence-electron chi connectivity index (χ1n) is 5.56. The number of aliphatic imine (C=N–C) groups is 2. The highest BCUT2D eigenvalue weighted by Gasteiger charge is 2.00. The number of oxime groups is 2. The van der Waals surface area contributed by atoms with Gasteiger partial charge in [0.2, 0.25) is 0 Å². The lowest BCUT2D eigenvalue weighted by molar-refractivity contribution is 0.316. The van der Waals surface area contributed by atoms with E-state index in [1.807, 2.05) is 6.92 Å². The first kappa shape index (κ1) is 15.3. The van der Waals surface area contributed by atoms with Crippen LogP contribution in [0.25, 0.3) is 0 Å². The average Bonchev–Trinajstić information content (AvgIpc) is 2.34. The highest BCUT2D eigenvalue weighted by molar-refractivity contribution is 6.62. The molecule has 0 unspecified atom stereocenters. The summed E-state index contributed by atoms with van der Waals surface area (Å²) in [7, 11) is 0. The lowest BCUT2D eigenvalue weighted by Crippen LogP contribution is -2.13. The van der Waals surface area contributed by atoms with E-state index in [0.717, 1.165) is 31.3 Å². The minimum absolute atomic E-state index is 0.153. The molecule has 0 saturated heterocycles. The van der Waals surface area contributed by atoms with Gasteiger partial charge in [-0.05, 0) is 26.7 Å². The Balaban J connectivity index is 4.08. The zero-order chi connectivity index (χ0) is 13.1. The zero-order valence-electron chi connectivity index (χ0n) is 10.6. The van der Waals surface area contributed by atoms with Crippen LogP contribution in [0.5, 0.6) is 0 Å². The van der Waals surface area contributed by atoms with Crippen molar-refractivity contribution in [3.63, 3.8) is 0 Å². The number of hydrogen-bond acceptors (Lipinski definition) is 6. The second-order valence-electron chi connectivity index (χ2n) is 3.52. The fourth-order valence-electron chi connectivity index (χ4n) is 1.03. The largest absolute Gasteiger partial charge is 0.411 e. The minimum atomic E-state index is 0.153. The highest BCUT2D eigenvalue weighted by atomic mass is 16.4. The van der Waals surface area contributed by atoms with Gasteiger partial charge in [0, 0.05) is 18.8 Å². The van der Waals surface area contributed by atoms with Gasteiger partial charge in [-0.1, -0.05) is 17.2 Å². The Morgan fingerprint density at radius 1 is 1.12 bits per heavy atom. The molecule has 0 saturated carbocycles. The molecular formula is C11H20N4O2. The molecule has 0 radical (unpaired) electrons. The van der Waals surface area contributed by atoms with Gasteiger partial charge in [0.25, 0.3) is 0 Å². The fraction of sp³-hybridized carbons (Fsp3) is 0.636. The van der Waals surface area contributed by atoms with Gasteiger partial charge in [0.05, 0.1) is 11.9 Å². The second kappa shape index (κ2) is 9.50. The monoisotopic (exact) mass is 240 g/mol. The molecule has 0 spiro atoms. The molecule has 0 aliphatic heterocycles. The smallest absolute Gasteiger partial charge is 0.144 e. The van der Waals surface area contributed by atoms with Gasteiger partial charge in [0.1, 0.15) is 5.71 Å². The summed E-state index contributed by atoms with van der Waals surface area (Å²) >= 11 is 0. The lowest BCUT2D eigenvalue weighted by Gasteiger charge is -1.98. The van der Waals surface area contributed by atoms with E-state index < -0.39 is 0 Å². The summed E-state index contributed by atoms with van der Waals surface area (Å²) in [6, 6.07) is 0. The van der Waals surface area contributed by atoms with Crippen LogP contribution in [0.4, 0.5) is 0 Å². The van der Waals surface area contributed by atoms with Crippen molar-refractivity contribution in [3.8, 4) is 0 Å². The van der Waals surface area contributed by atoms with Crippen molar-refractivity contribution < 1.29 is 10.4 Å². The molecule has 6 nitrogen and oxygen atoms in total. The van der Waals surface area contributed by atoms with Gasteiger partial charge in [-0.25, -0.2) is 0 Å². The molecule has 0 aromatic heterocycles. The van der Waals surface area contributed by atoms with Gasteiger partial charge >= 0.3 is 0 Å². The van der Waals surface area contributed by atoms with E-state index in [-0.39, 0.29) is 5.71 Å². The van der Waals surface area contributed by atoms with Crippen molar-refractivity contribution in [2.24, 2.45) is 20.3 Å². The Morgan fingerprint density at radius 3 is 2.29 bits per heavy atom. The van der Waals surface area contributed by atoms with Crippen molar-refractivity contribution >= 4 is 23.3 Å². The standard InChI is InChI=1S/C11H20N4O2/c1-4-9(2)12-6-5-7-13-10(3)11(15-17)8-14-16/h8,16-17H,4-7H2,1-3H3. The molecule has 0 amide bonds. The summed E-state index contributed by atoms with van der Waals surface area (Å²) in [5.41, 5.74) is 1.82. The first-order chi connectivity index (χ1) is 8.15. The maximum Gasteiger partial charge on any atom is 0.144 e. The third-order valence-corrected chi connectivity index (χ3v) is 2.22. The Hall–Kier alpha value is -1.72. The quantitative estimate of drug-likeness (QED) is 0.308. The maximum atomic E-state index is 8.62. The molecule has 2 N–H and O–H groups in total. The molecule has 0 heterocycles. The molecule has 17 heavy (non-hydrogen) atoms. The van der Waals surface area contributed by atoms with Crippen molar-refractivity contribution in [3.05, 3.63) is 0 Å². The number of rotatable bonds is 7. The number of nitrogens with zero attached hydrogens (tertiary/aromatic N) is 4. The van der Waals surface area contributed by atoms with E-state index in [9.17, 15) is 0 Å². The molecule has 0 aliphatic carbocycles. The Morgan fingerprint density at radius 2 is 1.76 bits per heavy atom. The maximum absolute atomic E-state index is 8.62. The van der Waals surface area contributed by atoms with Gasteiger partial charge in [-0.3, -0.25) is 9.98 Å². The molecule has 0 rings (SSSR count).